The summed E-state index contributed by atoms with van der Waals surface area (Å²) in [6.07, 6.45) is 5.91. The van der Waals surface area contributed by atoms with Gasteiger partial charge in [0.15, 0.2) is 0 Å². The number of carboxylic acid groups (broad SMARTS) is 1. The molecule has 0 saturated heterocycles. The molecule has 2 atom stereocenters. The van der Waals surface area contributed by atoms with Gasteiger partial charge in [0.25, 0.3) is 0 Å². The van der Waals surface area contributed by atoms with E-state index in [1.54, 1.807) is 17.1 Å². The van der Waals surface area contributed by atoms with Gasteiger partial charge in [-0.05, 0) is 12.8 Å². The van der Waals surface area contributed by atoms with E-state index in [1.807, 2.05) is 0 Å². The zero-order valence-electron chi connectivity index (χ0n) is 7.13. The van der Waals surface area contributed by atoms with Gasteiger partial charge in [-0.25, -0.2) is 4.68 Å². The summed E-state index contributed by atoms with van der Waals surface area (Å²) in [7, 11) is 0. The molecule has 70 valence electrons. The van der Waals surface area contributed by atoms with Crippen LogP contribution in [0.3, 0.4) is 0 Å². The van der Waals surface area contributed by atoms with Crippen LogP contribution in [0.1, 0.15) is 25.3 Å². The third kappa shape index (κ3) is 1.41. The lowest BCUT2D eigenvalue weighted by atomic mass is 10.0. The molecule has 13 heavy (non-hydrogen) atoms. The zero-order chi connectivity index (χ0) is 9.26. The maximum Gasteiger partial charge on any atom is 0.308 e. The molecule has 1 heterocycles. The summed E-state index contributed by atoms with van der Waals surface area (Å²) >= 11 is 0. The van der Waals surface area contributed by atoms with E-state index in [4.69, 9.17) is 5.11 Å². The molecule has 1 fully saturated rings. The summed E-state index contributed by atoms with van der Waals surface area (Å²) in [6.45, 7) is 0. The molecule has 1 aromatic rings. The van der Waals surface area contributed by atoms with Crippen LogP contribution >= 0.6 is 0 Å². The number of aliphatic carboxylic acids is 1. The normalized spacial score (nSPS) is 27.7. The molecule has 0 aliphatic heterocycles. The molecule has 1 N–H and O–H groups in total. The Hall–Kier alpha value is -1.39. The van der Waals surface area contributed by atoms with Crippen LogP contribution in [0.15, 0.2) is 12.4 Å². The number of nitrogens with zero attached hydrogens (tertiary/aromatic N) is 3. The van der Waals surface area contributed by atoms with Crippen LogP contribution in [0.4, 0.5) is 0 Å². The van der Waals surface area contributed by atoms with Gasteiger partial charge in [0.05, 0.1) is 18.2 Å². The Morgan fingerprint density at radius 3 is 3.00 bits per heavy atom. The summed E-state index contributed by atoms with van der Waals surface area (Å²) in [4.78, 5) is 10.8. The number of rotatable bonds is 2. The highest BCUT2D eigenvalue weighted by molar-refractivity contribution is 5.71. The van der Waals surface area contributed by atoms with E-state index < -0.39 is 5.97 Å². The van der Waals surface area contributed by atoms with Gasteiger partial charge in [0, 0.05) is 6.20 Å². The number of hydrogen-bond donors (Lipinski definition) is 1. The first-order chi connectivity index (χ1) is 6.29. The number of carbonyl (C=O) groups is 1. The fourth-order valence-corrected chi connectivity index (χ4v) is 1.94. The first-order valence-electron chi connectivity index (χ1n) is 4.37. The third-order valence-corrected chi connectivity index (χ3v) is 2.58. The lowest BCUT2D eigenvalue weighted by molar-refractivity contribution is -0.142. The maximum atomic E-state index is 10.8. The first kappa shape index (κ1) is 8.22. The van der Waals surface area contributed by atoms with Crippen molar-refractivity contribution >= 4 is 5.97 Å². The number of hydrogen-bond acceptors (Lipinski definition) is 3. The summed E-state index contributed by atoms with van der Waals surface area (Å²) in [5, 5.41) is 16.4. The van der Waals surface area contributed by atoms with Crippen molar-refractivity contribution < 1.29 is 9.90 Å². The van der Waals surface area contributed by atoms with E-state index in [0.29, 0.717) is 0 Å². The molecule has 0 bridgehead atoms. The van der Waals surface area contributed by atoms with Crippen molar-refractivity contribution in [3.8, 4) is 0 Å². The van der Waals surface area contributed by atoms with E-state index in [2.05, 4.69) is 10.3 Å². The minimum atomic E-state index is -0.724. The lowest BCUT2D eigenvalue weighted by Gasteiger charge is -2.14. The fourth-order valence-electron chi connectivity index (χ4n) is 1.94. The molecule has 1 saturated carbocycles. The molecule has 0 radical (unpaired) electrons. The number of aromatic nitrogens is 3. The SMILES string of the molecule is O=C(O)C1CCCC1n1ccnn1. The number of carboxylic acids is 1. The van der Waals surface area contributed by atoms with Crippen LogP contribution < -0.4 is 0 Å². The van der Waals surface area contributed by atoms with Gasteiger partial charge < -0.3 is 5.11 Å². The van der Waals surface area contributed by atoms with Gasteiger partial charge in [0.2, 0.25) is 0 Å². The molecule has 1 aliphatic carbocycles. The monoisotopic (exact) mass is 181 g/mol. The van der Waals surface area contributed by atoms with Gasteiger partial charge >= 0.3 is 5.97 Å². The quantitative estimate of drug-likeness (QED) is 0.729. The van der Waals surface area contributed by atoms with E-state index >= 15 is 0 Å². The van der Waals surface area contributed by atoms with Gasteiger partial charge in [-0.15, -0.1) is 5.10 Å². The molecular formula is C8H11N3O2. The van der Waals surface area contributed by atoms with Gasteiger partial charge in [-0.2, -0.15) is 0 Å². The second kappa shape index (κ2) is 3.16. The molecule has 5 nitrogen and oxygen atoms in total. The molecule has 0 aromatic carbocycles. The van der Waals surface area contributed by atoms with Crippen LogP contribution in [0, 0.1) is 5.92 Å². The summed E-state index contributed by atoms with van der Waals surface area (Å²) < 4.78 is 1.66. The van der Waals surface area contributed by atoms with Crippen LogP contribution in [0.25, 0.3) is 0 Å². The minimum Gasteiger partial charge on any atom is -0.481 e. The Bertz CT molecular complexity index is 296. The molecule has 1 aliphatic rings. The standard InChI is InChI=1S/C8H11N3O2/c12-8(13)6-2-1-3-7(6)11-5-4-9-10-11/h4-7H,1-3H2,(H,12,13). The smallest absolute Gasteiger partial charge is 0.308 e. The van der Waals surface area contributed by atoms with E-state index in [1.165, 1.54) is 0 Å². The van der Waals surface area contributed by atoms with Crippen LogP contribution in [0.5, 0.6) is 0 Å². The van der Waals surface area contributed by atoms with Crippen molar-refractivity contribution in [2.45, 2.75) is 25.3 Å². The van der Waals surface area contributed by atoms with Crippen molar-refractivity contribution in [1.29, 1.82) is 0 Å². The molecule has 0 spiro atoms. The van der Waals surface area contributed by atoms with Crippen molar-refractivity contribution in [1.82, 2.24) is 15.0 Å². The summed E-state index contributed by atoms with van der Waals surface area (Å²) in [5.41, 5.74) is 0. The van der Waals surface area contributed by atoms with E-state index in [0.717, 1.165) is 19.3 Å². The highest BCUT2D eigenvalue weighted by Crippen LogP contribution is 2.34. The molecule has 0 amide bonds. The predicted octanol–water partition coefficient (Wildman–Crippen LogP) is 0.704. The van der Waals surface area contributed by atoms with Crippen molar-refractivity contribution in [3.05, 3.63) is 12.4 Å². The van der Waals surface area contributed by atoms with Crippen molar-refractivity contribution in [2.75, 3.05) is 0 Å². The second-order valence-corrected chi connectivity index (χ2v) is 3.33. The van der Waals surface area contributed by atoms with Crippen molar-refractivity contribution in [2.24, 2.45) is 5.92 Å². The van der Waals surface area contributed by atoms with Crippen LogP contribution in [-0.4, -0.2) is 26.1 Å². The third-order valence-electron chi connectivity index (χ3n) is 2.58. The molecule has 2 rings (SSSR count). The van der Waals surface area contributed by atoms with Crippen LogP contribution in [0.2, 0.25) is 0 Å². The lowest BCUT2D eigenvalue weighted by Crippen LogP contribution is -2.22. The second-order valence-electron chi connectivity index (χ2n) is 3.33. The summed E-state index contributed by atoms with van der Waals surface area (Å²) in [6, 6.07) is -0.000000000000000444. The van der Waals surface area contributed by atoms with Crippen LogP contribution in [-0.2, 0) is 4.79 Å². The van der Waals surface area contributed by atoms with Crippen molar-refractivity contribution in [3.63, 3.8) is 0 Å². The zero-order valence-corrected chi connectivity index (χ0v) is 7.13. The average Bonchev–Trinajstić information content (AvgIpc) is 2.74. The Morgan fingerprint density at radius 2 is 2.38 bits per heavy atom. The highest BCUT2D eigenvalue weighted by atomic mass is 16.4. The molecule has 2 unspecified atom stereocenters. The van der Waals surface area contributed by atoms with E-state index in [9.17, 15) is 4.79 Å². The maximum absolute atomic E-state index is 10.8. The molecule has 5 heteroatoms. The largest absolute Gasteiger partial charge is 0.481 e. The van der Waals surface area contributed by atoms with Gasteiger partial charge in [0.1, 0.15) is 0 Å². The Labute approximate surface area is 75.4 Å². The first-order valence-corrected chi connectivity index (χ1v) is 4.37. The molecule has 1 aromatic heterocycles. The Morgan fingerprint density at radius 1 is 1.54 bits per heavy atom. The predicted molar refractivity (Wildman–Crippen MR) is 44.0 cm³/mol. The Balaban J connectivity index is 2.19. The molecular weight excluding hydrogens is 170 g/mol. The highest BCUT2D eigenvalue weighted by Gasteiger charge is 2.34. The summed E-state index contributed by atoms with van der Waals surface area (Å²) in [5.74, 6) is -1.01. The van der Waals surface area contributed by atoms with Gasteiger partial charge in [-0.3, -0.25) is 4.79 Å². The van der Waals surface area contributed by atoms with Gasteiger partial charge in [-0.1, -0.05) is 11.6 Å². The Kier molecular flexibility index (Phi) is 2.00. The minimum absolute atomic E-state index is 0.000000000000000444. The fraction of sp³-hybridized carbons (Fsp3) is 0.625. The topological polar surface area (TPSA) is 68.0 Å². The van der Waals surface area contributed by atoms with E-state index in [-0.39, 0.29) is 12.0 Å². The average molecular weight is 181 g/mol.